The lowest BCUT2D eigenvalue weighted by molar-refractivity contribution is 0.124. The van der Waals surface area contributed by atoms with Crippen LogP contribution < -0.4 is 16.0 Å². The minimum atomic E-state index is -3.32. The van der Waals surface area contributed by atoms with Crippen molar-refractivity contribution in [2.75, 3.05) is 35.2 Å². The molecule has 0 radical (unpaired) electrons. The number of thiocarbonyl (C=S) groups is 2. The van der Waals surface area contributed by atoms with Crippen LogP contribution in [0.25, 0.3) is 0 Å². The van der Waals surface area contributed by atoms with Crippen molar-refractivity contribution in [3.8, 4) is 0 Å². The number of hydrogen-bond acceptors (Lipinski definition) is 5. The van der Waals surface area contributed by atoms with Crippen LogP contribution in [0.15, 0.2) is 60.7 Å². The second-order valence-electron chi connectivity index (χ2n) is 6.95. The minimum Gasteiger partial charge on any atom is -0.390 e. The van der Waals surface area contributed by atoms with Gasteiger partial charge in [-0.1, -0.05) is 36.4 Å². The molecule has 0 bridgehead atoms. The van der Waals surface area contributed by atoms with E-state index in [1.807, 2.05) is 60.7 Å². The number of aliphatic hydroxyl groups is 1. The third-order valence-corrected chi connectivity index (χ3v) is 6.93. The Morgan fingerprint density at radius 1 is 0.967 bits per heavy atom. The van der Waals surface area contributed by atoms with Crippen molar-refractivity contribution >= 4 is 55.9 Å². The molecule has 1 aliphatic heterocycles. The highest BCUT2D eigenvalue weighted by molar-refractivity contribution is 7.91. The third-order valence-electron chi connectivity index (χ3n) is 4.65. The zero-order valence-electron chi connectivity index (χ0n) is 16.2. The summed E-state index contributed by atoms with van der Waals surface area (Å²) in [6.45, 7) is 0.783. The molecule has 7 nitrogen and oxygen atoms in total. The first-order valence-corrected chi connectivity index (χ1v) is 12.1. The zero-order chi connectivity index (χ0) is 21.6. The second kappa shape index (κ2) is 10.2. The molecule has 1 fully saturated rings. The van der Waals surface area contributed by atoms with Crippen molar-refractivity contribution < 1.29 is 13.5 Å². The summed E-state index contributed by atoms with van der Waals surface area (Å²) in [4.78, 5) is 1.72. The molecule has 1 heterocycles. The molecule has 0 aromatic heterocycles. The number of anilines is 2. The average Bonchev–Trinajstić information content (AvgIpc) is 2.98. The number of aliphatic hydroxyl groups excluding tert-OH is 1. The maximum Gasteiger partial charge on any atom is 0.173 e. The molecule has 0 saturated carbocycles. The normalized spacial score (nSPS) is 19.6. The van der Waals surface area contributed by atoms with Gasteiger partial charge in [0.1, 0.15) is 0 Å². The highest BCUT2D eigenvalue weighted by Crippen LogP contribution is 2.20. The van der Waals surface area contributed by atoms with Gasteiger partial charge in [0, 0.05) is 24.5 Å². The number of nitrogens with one attached hydrogen (secondary N) is 3. The molecule has 160 valence electrons. The van der Waals surface area contributed by atoms with Crippen LogP contribution in [0.3, 0.4) is 0 Å². The predicted molar refractivity (Wildman–Crippen MR) is 128 cm³/mol. The minimum absolute atomic E-state index is 0.141. The highest BCUT2D eigenvalue weighted by atomic mass is 32.2. The Morgan fingerprint density at radius 3 is 2.07 bits per heavy atom. The molecule has 2 atom stereocenters. The van der Waals surface area contributed by atoms with E-state index in [0.29, 0.717) is 23.3 Å². The molecule has 0 aliphatic carbocycles. The van der Waals surface area contributed by atoms with Crippen molar-refractivity contribution in [3.63, 3.8) is 0 Å². The number of hydrogen-bond donors (Lipinski definition) is 4. The summed E-state index contributed by atoms with van der Waals surface area (Å²) in [7, 11) is -3.32. The van der Waals surface area contributed by atoms with Crippen molar-refractivity contribution in [1.29, 1.82) is 0 Å². The van der Waals surface area contributed by atoms with Crippen LogP contribution in [0.2, 0.25) is 0 Å². The number of benzene rings is 2. The topological polar surface area (TPSA) is 93.7 Å². The maximum absolute atomic E-state index is 12.0. The van der Waals surface area contributed by atoms with E-state index in [1.54, 1.807) is 4.90 Å². The SMILES string of the molecule is O=S1(=O)C[C@@H](N(CCNC(=S)Nc2ccccc2)C(=S)Nc2ccccc2)[C@@H](O)C1. The van der Waals surface area contributed by atoms with Gasteiger partial charge in [-0.2, -0.15) is 0 Å². The summed E-state index contributed by atoms with van der Waals surface area (Å²) in [6.07, 6.45) is -1.00. The van der Waals surface area contributed by atoms with Crippen LogP contribution in [0, 0.1) is 0 Å². The summed E-state index contributed by atoms with van der Waals surface area (Å²) in [5.74, 6) is -0.402. The van der Waals surface area contributed by atoms with Gasteiger partial charge < -0.3 is 26.0 Å². The fourth-order valence-electron chi connectivity index (χ4n) is 3.23. The zero-order valence-corrected chi connectivity index (χ0v) is 18.6. The molecule has 3 rings (SSSR count). The molecule has 4 N–H and O–H groups in total. The number of nitrogens with zero attached hydrogens (tertiary/aromatic N) is 1. The van der Waals surface area contributed by atoms with Gasteiger partial charge in [0.2, 0.25) is 0 Å². The van der Waals surface area contributed by atoms with Crippen LogP contribution in [0.1, 0.15) is 0 Å². The van der Waals surface area contributed by atoms with Crippen LogP contribution in [0.4, 0.5) is 11.4 Å². The second-order valence-corrected chi connectivity index (χ2v) is 9.90. The Morgan fingerprint density at radius 2 is 1.53 bits per heavy atom. The fraction of sp³-hybridized carbons (Fsp3) is 0.300. The summed E-state index contributed by atoms with van der Waals surface area (Å²) in [5, 5.41) is 20.5. The fourth-order valence-corrected chi connectivity index (χ4v) is 5.60. The van der Waals surface area contributed by atoms with E-state index in [9.17, 15) is 13.5 Å². The molecular weight excluding hydrogens is 440 g/mol. The lowest BCUT2D eigenvalue weighted by atomic mass is 10.2. The number of rotatable bonds is 6. The van der Waals surface area contributed by atoms with Crippen molar-refractivity contribution in [3.05, 3.63) is 60.7 Å². The van der Waals surface area contributed by atoms with Gasteiger partial charge in [0.25, 0.3) is 0 Å². The van der Waals surface area contributed by atoms with Gasteiger partial charge in [-0.25, -0.2) is 8.42 Å². The van der Waals surface area contributed by atoms with Gasteiger partial charge in [-0.3, -0.25) is 0 Å². The Hall–Kier alpha value is -2.27. The predicted octanol–water partition coefficient (Wildman–Crippen LogP) is 1.83. The van der Waals surface area contributed by atoms with E-state index in [-0.39, 0.29) is 11.5 Å². The van der Waals surface area contributed by atoms with E-state index in [0.717, 1.165) is 11.4 Å². The van der Waals surface area contributed by atoms with Gasteiger partial charge in [0.15, 0.2) is 20.1 Å². The highest BCUT2D eigenvalue weighted by Gasteiger charge is 2.40. The van der Waals surface area contributed by atoms with Gasteiger partial charge in [-0.05, 0) is 48.7 Å². The van der Waals surface area contributed by atoms with Crippen molar-refractivity contribution in [2.24, 2.45) is 0 Å². The van der Waals surface area contributed by atoms with Crippen LogP contribution in [0.5, 0.6) is 0 Å². The first-order valence-electron chi connectivity index (χ1n) is 9.45. The molecule has 10 heteroatoms. The van der Waals surface area contributed by atoms with Crippen molar-refractivity contribution in [1.82, 2.24) is 10.2 Å². The average molecular weight is 465 g/mol. The van der Waals surface area contributed by atoms with E-state index < -0.39 is 22.0 Å². The number of para-hydroxylation sites is 2. The molecule has 2 aromatic rings. The maximum atomic E-state index is 12.0. The smallest absolute Gasteiger partial charge is 0.173 e. The van der Waals surface area contributed by atoms with E-state index >= 15 is 0 Å². The van der Waals surface area contributed by atoms with Crippen LogP contribution in [-0.4, -0.2) is 65.4 Å². The Balaban J connectivity index is 1.63. The third kappa shape index (κ3) is 6.36. The molecule has 1 saturated heterocycles. The Kier molecular flexibility index (Phi) is 7.59. The van der Waals surface area contributed by atoms with Crippen LogP contribution in [-0.2, 0) is 9.84 Å². The lowest BCUT2D eigenvalue weighted by Crippen LogP contribution is -2.51. The summed E-state index contributed by atoms with van der Waals surface area (Å²) >= 11 is 10.9. The van der Waals surface area contributed by atoms with E-state index in [2.05, 4.69) is 16.0 Å². The van der Waals surface area contributed by atoms with Crippen molar-refractivity contribution in [2.45, 2.75) is 12.1 Å². The Labute approximate surface area is 187 Å². The molecule has 0 spiro atoms. The summed E-state index contributed by atoms with van der Waals surface area (Å²) < 4.78 is 24.1. The first kappa shape index (κ1) is 22.4. The van der Waals surface area contributed by atoms with Gasteiger partial charge in [0.05, 0.1) is 23.7 Å². The molecule has 2 aromatic carbocycles. The molecule has 0 amide bonds. The molecule has 30 heavy (non-hydrogen) atoms. The molecule has 0 unspecified atom stereocenters. The Bertz CT molecular complexity index is 971. The van der Waals surface area contributed by atoms with Gasteiger partial charge in [-0.15, -0.1) is 0 Å². The lowest BCUT2D eigenvalue weighted by Gasteiger charge is -2.33. The summed E-state index contributed by atoms with van der Waals surface area (Å²) in [6, 6.07) is 18.3. The quantitative estimate of drug-likeness (QED) is 0.478. The number of sulfone groups is 1. The monoisotopic (exact) mass is 464 g/mol. The molecule has 1 aliphatic rings. The first-order chi connectivity index (χ1) is 14.3. The molecular formula is C20H24N4O3S3. The summed E-state index contributed by atoms with van der Waals surface area (Å²) in [5.41, 5.74) is 1.66. The van der Waals surface area contributed by atoms with E-state index in [1.165, 1.54) is 0 Å². The van der Waals surface area contributed by atoms with E-state index in [4.69, 9.17) is 24.4 Å². The van der Waals surface area contributed by atoms with Crippen LogP contribution >= 0.6 is 24.4 Å². The van der Waals surface area contributed by atoms with Gasteiger partial charge >= 0.3 is 0 Å². The standard InChI is InChI=1S/C20H24N4O3S3/c25-18-14-30(26,27)13-17(18)24(20(29)23-16-9-5-2-6-10-16)12-11-21-19(28)22-15-7-3-1-4-8-15/h1-10,17-18,25H,11-14H2,(H,23,29)(H2,21,22,28)/t17-,18+/m1/s1. The largest absolute Gasteiger partial charge is 0.390 e.